The normalized spacial score (nSPS) is 14.1. The first-order chi connectivity index (χ1) is 16.5. The lowest BCUT2D eigenvalue weighted by molar-refractivity contribution is 0.0986. The minimum atomic E-state index is -3.33. The third-order valence-electron chi connectivity index (χ3n) is 6.45. The van der Waals surface area contributed by atoms with Crippen molar-refractivity contribution in [2.75, 3.05) is 17.7 Å². The molecule has 3 aromatic heterocycles. The van der Waals surface area contributed by atoms with Crippen molar-refractivity contribution in [2.45, 2.75) is 51.5 Å². The van der Waals surface area contributed by atoms with Crippen molar-refractivity contribution in [3.05, 3.63) is 59.2 Å². The van der Waals surface area contributed by atoms with E-state index in [0.717, 1.165) is 41.2 Å². The summed E-state index contributed by atoms with van der Waals surface area (Å²) < 4.78 is 31.7. The number of aryl methyl sites for hydroxylation is 3. The zero-order valence-electron chi connectivity index (χ0n) is 20.5. The number of benzene rings is 1. The summed E-state index contributed by atoms with van der Waals surface area (Å²) >= 11 is 0. The van der Waals surface area contributed by atoms with Gasteiger partial charge in [-0.05, 0) is 76.4 Å². The summed E-state index contributed by atoms with van der Waals surface area (Å²) in [4.78, 5) is 20.9. The third kappa shape index (κ3) is 4.03. The molecular weight excluding hydrogens is 464 g/mol. The van der Waals surface area contributed by atoms with Crippen molar-refractivity contribution in [3.8, 4) is 11.3 Å². The Labute approximate surface area is 204 Å². The van der Waals surface area contributed by atoms with Crippen LogP contribution in [0.25, 0.3) is 22.3 Å². The molecule has 0 fully saturated rings. The molecule has 1 aromatic carbocycles. The lowest BCUT2D eigenvalue weighted by Gasteiger charge is -2.30. The Hall–Kier alpha value is -3.46. The highest BCUT2D eigenvalue weighted by Crippen LogP contribution is 2.34. The molecule has 0 saturated carbocycles. The number of rotatable bonds is 4. The summed E-state index contributed by atoms with van der Waals surface area (Å²) in [6.45, 7) is 8.36. The maximum Gasteiger partial charge on any atom is 0.259 e. The molecule has 0 saturated heterocycles. The minimum absolute atomic E-state index is 0.0653. The quantitative estimate of drug-likeness (QED) is 0.402. The van der Waals surface area contributed by atoms with E-state index in [1.807, 2.05) is 44.5 Å². The first-order valence-electron chi connectivity index (χ1n) is 11.6. The highest BCUT2D eigenvalue weighted by atomic mass is 32.2. The average molecular weight is 493 g/mol. The molecule has 8 nitrogen and oxygen atoms in total. The van der Waals surface area contributed by atoms with Crippen LogP contribution in [0.3, 0.4) is 0 Å². The molecule has 0 atom stereocenters. The fraction of sp³-hybridized carbons (Fsp3) is 0.346. The number of nitrogens with zero attached hydrogens (tertiary/aromatic N) is 4. The molecular formula is C26H28N4O4S. The van der Waals surface area contributed by atoms with Gasteiger partial charge in [-0.25, -0.2) is 18.1 Å². The number of carbonyl (C=O) groups excluding carboxylic acids is 1. The number of carbonyl (C=O) groups is 1. The van der Waals surface area contributed by atoms with Gasteiger partial charge in [0.15, 0.2) is 15.5 Å². The van der Waals surface area contributed by atoms with E-state index < -0.39 is 9.84 Å². The van der Waals surface area contributed by atoms with E-state index in [4.69, 9.17) is 9.40 Å². The van der Waals surface area contributed by atoms with Crippen LogP contribution in [0.2, 0.25) is 0 Å². The number of fused-ring (bicyclic) bond motifs is 2. The summed E-state index contributed by atoms with van der Waals surface area (Å²) in [6, 6.07) is 8.80. The van der Waals surface area contributed by atoms with Crippen LogP contribution >= 0.6 is 0 Å². The Morgan fingerprint density at radius 1 is 1.14 bits per heavy atom. The monoisotopic (exact) mass is 492 g/mol. The molecule has 9 heteroatoms. The largest absolute Gasteiger partial charge is 0.466 e. The van der Waals surface area contributed by atoms with E-state index in [1.54, 1.807) is 29.3 Å². The molecule has 5 rings (SSSR count). The van der Waals surface area contributed by atoms with Gasteiger partial charge in [0.25, 0.3) is 5.91 Å². The standard InChI is InChI=1S/C26H28N4O4S/c1-15(2)30-25-22(14-27-30)21(13-23(28-25)20-11-16(3)34-17(20)4)26(31)29-10-6-7-18-12-19(35(5,32)33)8-9-24(18)29/h8-9,11-15H,6-7,10H2,1-5H3. The molecule has 1 aliphatic rings. The maximum absolute atomic E-state index is 14.0. The molecule has 182 valence electrons. The Morgan fingerprint density at radius 2 is 1.91 bits per heavy atom. The molecule has 35 heavy (non-hydrogen) atoms. The third-order valence-corrected chi connectivity index (χ3v) is 7.56. The van der Waals surface area contributed by atoms with Crippen molar-refractivity contribution in [2.24, 2.45) is 0 Å². The second-order valence-electron chi connectivity index (χ2n) is 9.43. The van der Waals surface area contributed by atoms with E-state index in [9.17, 15) is 13.2 Å². The van der Waals surface area contributed by atoms with Crippen LogP contribution < -0.4 is 4.90 Å². The highest BCUT2D eigenvalue weighted by molar-refractivity contribution is 7.90. The van der Waals surface area contributed by atoms with Crippen LogP contribution in [0.1, 0.15) is 53.8 Å². The Kier molecular flexibility index (Phi) is 5.55. The zero-order chi connectivity index (χ0) is 25.1. The van der Waals surface area contributed by atoms with Crippen LogP contribution in [-0.2, 0) is 16.3 Å². The number of hydrogen-bond donors (Lipinski definition) is 0. The predicted octanol–water partition coefficient (Wildman–Crippen LogP) is 4.89. The summed E-state index contributed by atoms with van der Waals surface area (Å²) in [5.74, 6) is 1.35. The minimum Gasteiger partial charge on any atom is -0.466 e. The smallest absolute Gasteiger partial charge is 0.259 e. The second kappa shape index (κ2) is 8.34. The number of hydrogen-bond acceptors (Lipinski definition) is 6. The van der Waals surface area contributed by atoms with Crippen LogP contribution in [0.4, 0.5) is 5.69 Å². The average Bonchev–Trinajstić information content (AvgIpc) is 3.39. The van der Waals surface area contributed by atoms with Gasteiger partial charge in [-0.3, -0.25) is 4.79 Å². The summed E-state index contributed by atoms with van der Waals surface area (Å²) in [5, 5.41) is 5.21. The number of amides is 1. The van der Waals surface area contributed by atoms with Crippen molar-refractivity contribution in [1.29, 1.82) is 0 Å². The number of anilines is 1. The number of pyridine rings is 1. The van der Waals surface area contributed by atoms with Gasteiger partial charge in [0.05, 0.1) is 27.7 Å². The van der Waals surface area contributed by atoms with Gasteiger partial charge in [-0.2, -0.15) is 5.10 Å². The maximum atomic E-state index is 14.0. The number of aromatic nitrogens is 3. The molecule has 0 bridgehead atoms. The molecule has 0 aliphatic carbocycles. The van der Waals surface area contributed by atoms with Crippen LogP contribution in [-0.4, -0.2) is 41.9 Å². The SMILES string of the molecule is Cc1cc(-c2cc(C(=O)N3CCCc4cc(S(C)(=O)=O)ccc43)c3cnn(C(C)C)c3n2)c(C)o1. The molecule has 0 unspecified atom stereocenters. The van der Waals surface area contributed by atoms with Gasteiger partial charge in [0, 0.05) is 30.1 Å². The van der Waals surface area contributed by atoms with E-state index in [1.165, 1.54) is 6.26 Å². The van der Waals surface area contributed by atoms with Gasteiger partial charge in [0.1, 0.15) is 11.5 Å². The summed E-state index contributed by atoms with van der Waals surface area (Å²) in [6.07, 6.45) is 4.36. The molecule has 4 heterocycles. The topological polar surface area (TPSA) is 98.3 Å². The van der Waals surface area contributed by atoms with Gasteiger partial charge in [-0.15, -0.1) is 0 Å². The van der Waals surface area contributed by atoms with Gasteiger partial charge < -0.3 is 9.32 Å². The van der Waals surface area contributed by atoms with Crippen molar-refractivity contribution >= 4 is 32.5 Å². The summed E-state index contributed by atoms with van der Waals surface area (Å²) in [5.41, 5.74) is 4.25. The first kappa shape index (κ1) is 23.3. The predicted molar refractivity (Wildman–Crippen MR) is 135 cm³/mol. The van der Waals surface area contributed by atoms with Crippen molar-refractivity contribution in [1.82, 2.24) is 14.8 Å². The van der Waals surface area contributed by atoms with Crippen molar-refractivity contribution in [3.63, 3.8) is 0 Å². The Bertz CT molecular complexity index is 1580. The van der Waals surface area contributed by atoms with E-state index in [-0.39, 0.29) is 16.8 Å². The highest BCUT2D eigenvalue weighted by Gasteiger charge is 2.28. The Balaban J connectivity index is 1.67. The molecule has 1 amide bonds. The fourth-order valence-corrected chi connectivity index (χ4v) is 5.43. The molecule has 1 aliphatic heterocycles. The van der Waals surface area contributed by atoms with Gasteiger partial charge >= 0.3 is 0 Å². The number of furan rings is 1. The first-order valence-corrected chi connectivity index (χ1v) is 13.5. The van der Waals surface area contributed by atoms with Crippen LogP contribution in [0.15, 0.2) is 45.8 Å². The van der Waals surface area contributed by atoms with Gasteiger partial charge in [0.2, 0.25) is 0 Å². The summed E-state index contributed by atoms with van der Waals surface area (Å²) in [7, 11) is -3.33. The lowest BCUT2D eigenvalue weighted by Crippen LogP contribution is -2.35. The Morgan fingerprint density at radius 3 is 2.57 bits per heavy atom. The van der Waals surface area contributed by atoms with Crippen LogP contribution in [0.5, 0.6) is 0 Å². The van der Waals surface area contributed by atoms with Crippen LogP contribution in [0, 0.1) is 13.8 Å². The van der Waals surface area contributed by atoms with Crippen molar-refractivity contribution < 1.29 is 17.6 Å². The van der Waals surface area contributed by atoms with E-state index >= 15 is 0 Å². The second-order valence-corrected chi connectivity index (χ2v) is 11.4. The molecule has 0 spiro atoms. The number of sulfone groups is 1. The van der Waals surface area contributed by atoms with E-state index in [2.05, 4.69) is 5.10 Å². The molecule has 0 N–H and O–H groups in total. The lowest BCUT2D eigenvalue weighted by atomic mass is 9.99. The van der Waals surface area contributed by atoms with E-state index in [0.29, 0.717) is 28.8 Å². The molecule has 0 radical (unpaired) electrons. The van der Waals surface area contributed by atoms with Gasteiger partial charge in [-0.1, -0.05) is 0 Å². The molecule has 4 aromatic rings. The fourth-order valence-electron chi connectivity index (χ4n) is 4.76. The zero-order valence-corrected chi connectivity index (χ0v) is 21.3.